The van der Waals surface area contributed by atoms with Crippen LogP contribution in [0.3, 0.4) is 0 Å². The van der Waals surface area contributed by atoms with E-state index in [1.54, 1.807) is 32.4 Å². The van der Waals surface area contributed by atoms with Crippen LogP contribution in [-0.4, -0.2) is 55.2 Å². The summed E-state index contributed by atoms with van der Waals surface area (Å²) in [4.78, 5) is 19.0. The van der Waals surface area contributed by atoms with Gasteiger partial charge in [-0.2, -0.15) is 0 Å². The molecular weight excluding hydrogens is 356 g/mol. The number of ether oxygens (including phenoxy) is 1. The molecule has 2 fully saturated rings. The third-order valence-electron chi connectivity index (χ3n) is 5.75. The fourth-order valence-corrected chi connectivity index (χ4v) is 4.08. The molecule has 1 saturated heterocycles. The number of amides is 1. The molecule has 0 spiro atoms. The van der Waals surface area contributed by atoms with Crippen molar-refractivity contribution in [3.8, 4) is 11.5 Å². The molecule has 0 bridgehead atoms. The molecular formula is C21H32N4O3. The number of carbonyl (C=O) groups is 1. The molecule has 1 aliphatic carbocycles. The third-order valence-corrected chi connectivity index (χ3v) is 5.75. The van der Waals surface area contributed by atoms with E-state index in [1.165, 1.54) is 19.3 Å². The largest absolute Gasteiger partial charge is 0.508 e. The minimum atomic E-state index is 0.192. The molecule has 7 heteroatoms. The van der Waals surface area contributed by atoms with Crippen LogP contribution in [0.15, 0.2) is 23.2 Å². The molecule has 1 unspecified atom stereocenters. The molecule has 1 heterocycles. The topological polar surface area (TPSA) is 86.2 Å². The van der Waals surface area contributed by atoms with Gasteiger partial charge < -0.3 is 25.4 Å². The molecule has 7 nitrogen and oxygen atoms in total. The number of nitrogens with zero attached hydrogens (tertiary/aromatic N) is 2. The first-order chi connectivity index (χ1) is 13.6. The van der Waals surface area contributed by atoms with Gasteiger partial charge >= 0.3 is 0 Å². The predicted octanol–water partition coefficient (Wildman–Crippen LogP) is 2.25. The van der Waals surface area contributed by atoms with Gasteiger partial charge in [-0.15, -0.1) is 0 Å². The molecule has 3 N–H and O–H groups in total. The van der Waals surface area contributed by atoms with E-state index in [4.69, 9.17) is 4.74 Å². The second kappa shape index (κ2) is 9.66. The molecule has 2 aliphatic rings. The molecule has 1 amide bonds. The van der Waals surface area contributed by atoms with Crippen LogP contribution >= 0.6 is 0 Å². The number of methoxy groups -OCH3 is 1. The molecule has 1 aromatic rings. The SMILES string of the molecule is CN=C(NCc1cc(OC)ccc1O)NC1CCN(C(=O)C2CCCCC2)C1. The summed E-state index contributed by atoms with van der Waals surface area (Å²) in [5.41, 5.74) is 0.739. The van der Waals surface area contributed by atoms with E-state index in [-0.39, 0.29) is 17.7 Å². The van der Waals surface area contributed by atoms with Gasteiger partial charge in [-0.1, -0.05) is 19.3 Å². The highest BCUT2D eigenvalue weighted by molar-refractivity contribution is 5.81. The second-order valence-electron chi connectivity index (χ2n) is 7.67. The van der Waals surface area contributed by atoms with Crippen molar-refractivity contribution in [2.75, 3.05) is 27.2 Å². The maximum absolute atomic E-state index is 12.7. The third kappa shape index (κ3) is 5.09. The van der Waals surface area contributed by atoms with Crippen molar-refractivity contribution >= 4 is 11.9 Å². The van der Waals surface area contributed by atoms with E-state index < -0.39 is 0 Å². The van der Waals surface area contributed by atoms with Gasteiger partial charge in [0.2, 0.25) is 5.91 Å². The highest BCUT2D eigenvalue weighted by atomic mass is 16.5. The van der Waals surface area contributed by atoms with Gasteiger partial charge in [0.1, 0.15) is 11.5 Å². The molecule has 1 saturated carbocycles. The van der Waals surface area contributed by atoms with Crippen molar-refractivity contribution < 1.29 is 14.6 Å². The maximum Gasteiger partial charge on any atom is 0.225 e. The Morgan fingerprint density at radius 1 is 1.29 bits per heavy atom. The summed E-state index contributed by atoms with van der Waals surface area (Å²) in [6.45, 7) is 1.96. The number of nitrogens with one attached hydrogen (secondary N) is 2. The van der Waals surface area contributed by atoms with Gasteiger partial charge in [-0.05, 0) is 37.5 Å². The lowest BCUT2D eigenvalue weighted by Gasteiger charge is -2.26. The van der Waals surface area contributed by atoms with Crippen LogP contribution in [0.5, 0.6) is 11.5 Å². The van der Waals surface area contributed by atoms with E-state index in [0.717, 1.165) is 37.9 Å². The fraction of sp³-hybridized carbons (Fsp3) is 0.619. The van der Waals surface area contributed by atoms with Crippen molar-refractivity contribution in [3.05, 3.63) is 23.8 Å². The van der Waals surface area contributed by atoms with Crippen LogP contribution in [0.2, 0.25) is 0 Å². The predicted molar refractivity (Wildman–Crippen MR) is 110 cm³/mol. The van der Waals surface area contributed by atoms with Crippen LogP contribution in [0.25, 0.3) is 0 Å². The van der Waals surface area contributed by atoms with E-state index in [9.17, 15) is 9.90 Å². The molecule has 0 radical (unpaired) electrons. The minimum absolute atomic E-state index is 0.192. The summed E-state index contributed by atoms with van der Waals surface area (Å²) in [6, 6.07) is 5.34. The molecule has 0 aromatic heterocycles. The lowest BCUT2D eigenvalue weighted by atomic mass is 9.88. The number of hydrogen-bond donors (Lipinski definition) is 3. The Bertz CT molecular complexity index is 701. The zero-order chi connectivity index (χ0) is 19.9. The Kier molecular flexibility index (Phi) is 7.01. The Labute approximate surface area is 167 Å². The smallest absolute Gasteiger partial charge is 0.225 e. The number of hydrogen-bond acceptors (Lipinski definition) is 4. The molecule has 1 atom stereocenters. The fourth-order valence-electron chi connectivity index (χ4n) is 4.08. The second-order valence-corrected chi connectivity index (χ2v) is 7.67. The number of aliphatic imine (C=N–C) groups is 1. The molecule has 1 aliphatic heterocycles. The number of carbonyl (C=O) groups excluding carboxylic acids is 1. The molecule has 3 rings (SSSR count). The Morgan fingerprint density at radius 2 is 2.07 bits per heavy atom. The highest BCUT2D eigenvalue weighted by Gasteiger charge is 2.31. The van der Waals surface area contributed by atoms with Crippen molar-refractivity contribution in [2.24, 2.45) is 10.9 Å². The Morgan fingerprint density at radius 3 is 2.79 bits per heavy atom. The van der Waals surface area contributed by atoms with Gasteiger partial charge in [0.25, 0.3) is 0 Å². The number of likely N-dealkylation sites (tertiary alicyclic amines) is 1. The van der Waals surface area contributed by atoms with E-state index in [2.05, 4.69) is 15.6 Å². The van der Waals surface area contributed by atoms with Crippen LogP contribution in [0, 0.1) is 5.92 Å². The summed E-state index contributed by atoms with van der Waals surface area (Å²) in [5, 5.41) is 16.7. The monoisotopic (exact) mass is 388 g/mol. The van der Waals surface area contributed by atoms with Gasteiger partial charge in [0, 0.05) is 44.2 Å². The molecule has 154 valence electrons. The van der Waals surface area contributed by atoms with Crippen molar-refractivity contribution in [1.29, 1.82) is 0 Å². The van der Waals surface area contributed by atoms with Crippen LogP contribution in [0.4, 0.5) is 0 Å². The van der Waals surface area contributed by atoms with Gasteiger partial charge in [-0.3, -0.25) is 9.79 Å². The van der Waals surface area contributed by atoms with Crippen molar-refractivity contribution in [1.82, 2.24) is 15.5 Å². The average molecular weight is 389 g/mol. The van der Waals surface area contributed by atoms with E-state index in [1.807, 2.05) is 4.90 Å². The summed E-state index contributed by atoms with van der Waals surface area (Å²) < 4.78 is 5.21. The molecule has 1 aromatic carbocycles. The zero-order valence-corrected chi connectivity index (χ0v) is 16.9. The summed E-state index contributed by atoms with van der Waals surface area (Å²) in [5.74, 6) is 2.13. The van der Waals surface area contributed by atoms with Crippen molar-refractivity contribution in [3.63, 3.8) is 0 Å². The minimum Gasteiger partial charge on any atom is -0.508 e. The van der Waals surface area contributed by atoms with Crippen LogP contribution < -0.4 is 15.4 Å². The Balaban J connectivity index is 1.49. The first-order valence-corrected chi connectivity index (χ1v) is 10.2. The van der Waals surface area contributed by atoms with Crippen LogP contribution in [0.1, 0.15) is 44.1 Å². The van der Waals surface area contributed by atoms with Gasteiger partial charge in [-0.25, -0.2) is 0 Å². The lowest BCUT2D eigenvalue weighted by Crippen LogP contribution is -2.45. The Hall–Kier alpha value is -2.44. The standard InChI is InChI=1S/C21H32N4O3/c1-22-21(23-13-16-12-18(28-2)8-9-19(16)26)24-17-10-11-25(14-17)20(27)15-6-4-3-5-7-15/h8-9,12,15,17,26H,3-7,10-11,13-14H2,1-2H3,(H2,22,23,24). The lowest BCUT2D eigenvalue weighted by molar-refractivity contribution is -0.135. The van der Waals surface area contributed by atoms with Gasteiger partial charge in [0.05, 0.1) is 7.11 Å². The van der Waals surface area contributed by atoms with E-state index >= 15 is 0 Å². The van der Waals surface area contributed by atoms with Crippen molar-refractivity contribution in [2.45, 2.75) is 51.1 Å². The molecule has 28 heavy (non-hydrogen) atoms. The number of rotatable bonds is 5. The highest BCUT2D eigenvalue weighted by Crippen LogP contribution is 2.27. The summed E-state index contributed by atoms with van der Waals surface area (Å²) in [7, 11) is 3.32. The van der Waals surface area contributed by atoms with Crippen LogP contribution in [-0.2, 0) is 11.3 Å². The number of benzene rings is 1. The first kappa shape index (κ1) is 20.3. The van der Waals surface area contributed by atoms with Gasteiger partial charge in [0.15, 0.2) is 5.96 Å². The summed E-state index contributed by atoms with van der Waals surface area (Å²) in [6.07, 6.45) is 6.63. The number of phenolic OH excluding ortho intramolecular Hbond substituents is 1. The summed E-state index contributed by atoms with van der Waals surface area (Å²) >= 11 is 0. The first-order valence-electron chi connectivity index (χ1n) is 10.2. The van der Waals surface area contributed by atoms with E-state index in [0.29, 0.717) is 24.2 Å². The normalized spacial score (nSPS) is 20.9. The number of guanidine groups is 1. The average Bonchev–Trinajstić information content (AvgIpc) is 3.20. The maximum atomic E-state index is 12.7. The quantitative estimate of drug-likeness (QED) is 0.532. The zero-order valence-electron chi connectivity index (χ0n) is 16.9. The number of phenols is 1. The number of aromatic hydroxyl groups is 1.